The number of rotatable bonds is 4. The molecule has 2 nitrogen and oxygen atoms in total. The van der Waals surface area contributed by atoms with Gasteiger partial charge in [-0.1, -0.05) is 0 Å². The fourth-order valence-electron chi connectivity index (χ4n) is 1.05. The molecule has 0 radical (unpaired) electrons. The molecule has 0 aliphatic carbocycles. The molecule has 0 aromatic heterocycles. The molecule has 76 valence electrons. The molecule has 0 bridgehead atoms. The molecule has 1 N–H and O–H groups in total. The van der Waals surface area contributed by atoms with E-state index in [0.717, 1.165) is 12.1 Å². The minimum atomic E-state index is -1.03. The minimum Gasteiger partial charge on any atom is -0.396 e. The number of carbonyl (C=O) groups is 1. The summed E-state index contributed by atoms with van der Waals surface area (Å²) >= 11 is 0. The summed E-state index contributed by atoms with van der Waals surface area (Å²) in [6.45, 7) is -0.0879. The zero-order chi connectivity index (χ0) is 10.6. The molecule has 0 amide bonds. The SMILES string of the molecule is O=C(CCCO)c1ccc(F)c(F)c1. The molecule has 0 heterocycles. The van der Waals surface area contributed by atoms with Gasteiger partial charge in [-0.3, -0.25) is 4.79 Å². The Hall–Kier alpha value is -1.29. The van der Waals surface area contributed by atoms with E-state index in [2.05, 4.69) is 0 Å². The quantitative estimate of drug-likeness (QED) is 0.754. The summed E-state index contributed by atoms with van der Waals surface area (Å²) < 4.78 is 25.2. The van der Waals surface area contributed by atoms with Gasteiger partial charge >= 0.3 is 0 Å². The number of aliphatic hydroxyl groups is 1. The predicted octanol–water partition coefficient (Wildman–Crippen LogP) is 1.92. The molecule has 0 spiro atoms. The van der Waals surface area contributed by atoms with Gasteiger partial charge in [0.15, 0.2) is 17.4 Å². The molecule has 1 aromatic rings. The highest BCUT2D eigenvalue weighted by molar-refractivity contribution is 5.95. The van der Waals surface area contributed by atoms with Crippen molar-refractivity contribution in [3.05, 3.63) is 35.4 Å². The molecule has 1 rings (SSSR count). The summed E-state index contributed by atoms with van der Waals surface area (Å²) in [6.07, 6.45) is 0.472. The number of aliphatic hydroxyl groups excluding tert-OH is 1. The van der Waals surface area contributed by atoms with E-state index >= 15 is 0 Å². The van der Waals surface area contributed by atoms with E-state index < -0.39 is 11.6 Å². The molecule has 14 heavy (non-hydrogen) atoms. The third-order valence-corrected chi connectivity index (χ3v) is 1.80. The summed E-state index contributed by atoms with van der Waals surface area (Å²) in [5.74, 6) is -2.29. The maximum absolute atomic E-state index is 12.7. The second-order valence-electron chi connectivity index (χ2n) is 2.88. The lowest BCUT2D eigenvalue weighted by Crippen LogP contribution is -2.01. The van der Waals surface area contributed by atoms with E-state index in [1.54, 1.807) is 0 Å². The van der Waals surface area contributed by atoms with Crippen molar-refractivity contribution in [3.63, 3.8) is 0 Å². The summed E-state index contributed by atoms with van der Waals surface area (Å²) in [4.78, 5) is 11.3. The molecule has 4 heteroatoms. The Kier molecular flexibility index (Phi) is 3.71. The standard InChI is InChI=1S/C10H10F2O2/c11-8-4-3-7(6-9(8)12)10(14)2-1-5-13/h3-4,6,13H,1-2,5H2. The van der Waals surface area contributed by atoms with Crippen molar-refractivity contribution >= 4 is 5.78 Å². The van der Waals surface area contributed by atoms with Crippen LogP contribution in [0.15, 0.2) is 18.2 Å². The van der Waals surface area contributed by atoms with Gasteiger partial charge in [-0.25, -0.2) is 8.78 Å². The largest absolute Gasteiger partial charge is 0.396 e. The van der Waals surface area contributed by atoms with Crippen LogP contribution in [0.3, 0.4) is 0 Å². The van der Waals surface area contributed by atoms with Gasteiger partial charge in [0, 0.05) is 18.6 Å². The first kappa shape index (κ1) is 10.8. The Morgan fingerprint density at radius 3 is 2.57 bits per heavy atom. The van der Waals surface area contributed by atoms with Crippen LogP contribution < -0.4 is 0 Å². The Morgan fingerprint density at radius 1 is 1.29 bits per heavy atom. The van der Waals surface area contributed by atoms with Gasteiger partial charge < -0.3 is 5.11 Å². The van der Waals surface area contributed by atoms with E-state index in [9.17, 15) is 13.6 Å². The van der Waals surface area contributed by atoms with Crippen LogP contribution in [0.4, 0.5) is 8.78 Å². The molecule has 0 unspecified atom stereocenters. The fourth-order valence-corrected chi connectivity index (χ4v) is 1.05. The number of hydrogen-bond acceptors (Lipinski definition) is 2. The number of halogens is 2. The zero-order valence-electron chi connectivity index (χ0n) is 7.46. The minimum absolute atomic E-state index is 0.0879. The third-order valence-electron chi connectivity index (χ3n) is 1.80. The molecule has 1 aromatic carbocycles. The van der Waals surface area contributed by atoms with Gasteiger partial charge in [-0.15, -0.1) is 0 Å². The summed E-state index contributed by atoms with van der Waals surface area (Å²) in [7, 11) is 0. The van der Waals surface area contributed by atoms with Crippen LogP contribution in [-0.4, -0.2) is 17.5 Å². The van der Waals surface area contributed by atoms with Gasteiger partial charge in [0.25, 0.3) is 0 Å². The van der Waals surface area contributed by atoms with Crippen molar-refractivity contribution in [3.8, 4) is 0 Å². The molecule has 0 atom stereocenters. The van der Waals surface area contributed by atoms with Crippen LogP contribution in [0.1, 0.15) is 23.2 Å². The van der Waals surface area contributed by atoms with Gasteiger partial charge in [-0.2, -0.15) is 0 Å². The van der Waals surface area contributed by atoms with Crippen LogP contribution in [-0.2, 0) is 0 Å². The van der Waals surface area contributed by atoms with E-state index in [1.165, 1.54) is 6.07 Å². The number of benzene rings is 1. The van der Waals surface area contributed by atoms with Gasteiger partial charge in [0.2, 0.25) is 0 Å². The highest BCUT2D eigenvalue weighted by Crippen LogP contribution is 2.11. The van der Waals surface area contributed by atoms with Crippen molar-refractivity contribution in [2.75, 3.05) is 6.61 Å². The lowest BCUT2D eigenvalue weighted by Gasteiger charge is -2.00. The van der Waals surface area contributed by atoms with Crippen molar-refractivity contribution in [2.45, 2.75) is 12.8 Å². The molecule has 0 aliphatic heterocycles. The van der Waals surface area contributed by atoms with Crippen molar-refractivity contribution in [2.24, 2.45) is 0 Å². The van der Waals surface area contributed by atoms with Gasteiger partial charge in [0.1, 0.15) is 0 Å². The summed E-state index contributed by atoms with van der Waals surface area (Å²) in [6, 6.07) is 3.02. The maximum Gasteiger partial charge on any atom is 0.163 e. The first-order valence-electron chi connectivity index (χ1n) is 4.24. The average molecular weight is 200 g/mol. The molecule has 0 saturated carbocycles. The first-order chi connectivity index (χ1) is 6.65. The third kappa shape index (κ3) is 2.60. The molecule has 0 aliphatic rings. The highest BCUT2D eigenvalue weighted by atomic mass is 19.2. The number of carbonyl (C=O) groups excluding carboxylic acids is 1. The topological polar surface area (TPSA) is 37.3 Å². The van der Waals surface area contributed by atoms with E-state index in [0.29, 0.717) is 6.42 Å². The Labute approximate surface area is 80.2 Å². The Morgan fingerprint density at radius 2 is 2.00 bits per heavy atom. The van der Waals surface area contributed by atoms with Crippen LogP contribution in [0.5, 0.6) is 0 Å². The highest BCUT2D eigenvalue weighted by Gasteiger charge is 2.08. The first-order valence-corrected chi connectivity index (χ1v) is 4.24. The van der Waals surface area contributed by atoms with Crippen LogP contribution in [0, 0.1) is 11.6 Å². The number of ketones is 1. The van der Waals surface area contributed by atoms with Crippen molar-refractivity contribution in [1.29, 1.82) is 0 Å². The van der Waals surface area contributed by atoms with Crippen LogP contribution in [0.2, 0.25) is 0 Å². The lowest BCUT2D eigenvalue weighted by molar-refractivity contribution is 0.0970. The van der Waals surface area contributed by atoms with Crippen molar-refractivity contribution in [1.82, 2.24) is 0 Å². The zero-order valence-corrected chi connectivity index (χ0v) is 7.46. The monoisotopic (exact) mass is 200 g/mol. The molecule has 0 fully saturated rings. The van der Waals surface area contributed by atoms with Gasteiger partial charge in [0.05, 0.1) is 0 Å². The van der Waals surface area contributed by atoms with Crippen molar-refractivity contribution < 1.29 is 18.7 Å². The second-order valence-corrected chi connectivity index (χ2v) is 2.88. The van der Waals surface area contributed by atoms with E-state index in [1.807, 2.05) is 0 Å². The molecular weight excluding hydrogens is 190 g/mol. The summed E-state index contributed by atoms with van der Waals surface area (Å²) in [5, 5.41) is 8.47. The van der Waals surface area contributed by atoms with Crippen LogP contribution >= 0.6 is 0 Å². The maximum atomic E-state index is 12.7. The Bertz CT molecular complexity index is 337. The van der Waals surface area contributed by atoms with Crippen LogP contribution in [0.25, 0.3) is 0 Å². The van der Waals surface area contributed by atoms with E-state index in [-0.39, 0.29) is 24.4 Å². The second kappa shape index (κ2) is 4.81. The van der Waals surface area contributed by atoms with E-state index in [4.69, 9.17) is 5.11 Å². The average Bonchev–Trinajstić information content (AvgIpc) is 2.18. The summed E-state index contributed by atoms with van der Waals surface area (Å²) in [5.41, 5.74) is 0.136. The number of hydrogen-bond donors (Lipinski definition) is 1. The number of Topliss-reactive ketones (excluding diaryl/α,β-unsaturated/α-hetero) is 1. The van der Waals surface area contributed by atoms with Gasteiger partial charge in [-0.05, 0) is 24.6 Å². The lowest BCUT2D eigenvalue weighted by atomic mass is 10.1. The smallest absolute Gasteiger partial charge is 0.163 e. The molecule has 0 saturated heterocycles. The predicted molar refractivity (Wildman–Crippen MR) is 47.0 cm³/mol. The normalized spacial score (nSPS) is 10.2. The molecular formula is C10H10F2O2. The Balaban J connectivity index is 2.76. The fraction of sp³-hybridized carbons (Fsp3) is 0.300.